The molecule has 0 aliphatic heterocycles. The van der Waals surface area contributed by atoms with E-state index in [0.717, 1.165) is 0 Å². The number of rotatable bonds is 6. The van der Waals surface area contributed by atoms with Gasteiger partial charge in [-0.2, -0.15) is 0 Å². The van der Waals surface area contributed by atoms with Crippen LogP contribution in [0.5, 0.6) is 0 Å². The number of benzene rings is 1. The summed E-state index contributed by atoms with van der Waals surface area (Å²) in [5.74, 6) is 0.142. The summed E-state index contributed by atoms with van der Waals surface area (Å²) in [6.07, 6.45) is 0.610. The monoisotopic (exact) mass is 228 g/mol. The van der Waals surface area contributed by atoms with Crippen molar-refractivity contribution in [2.75, 3.05) is 24.1 Å². The van der Waals surface area contributed by atoms with Gasteiger partial charge in [-0.3, -0.25) is 4.72 Å². The van der Waals surface area contributed by atoms with E-state index in [4.69, 9.17) is 0 Å². The quantitative estimate of drug-likeness (QED) is 0.715. The van der Waals surface area contributed by atoms with Gasteiger partial charge in [-0.25, -0.2) is 8.42 Å². The van der Waals surface area contributed by atoms with Gasteiger partial charge in [-0.15, -0.1) is 0 Å². The Balaban J connectivity index is 2.50. The largest absolute Gasteiger partial charge is 0.320 e. The van der Waals surface area contributed by atoms with E-state index in [-0.39, 0.29) is 5.75 Å². The molecule has 1 aromatic carbocycles. The van der Waals surface area contributed by atoms with Crippen molar-refractivity contribution in [3.8, 4) is 0 Å². The fourth-order valence-corrected chi connectivity index (χ4v) is 2.30. The lowest BCUT2D eigenvalue weighted by Crippen LogP contribution is -2.20. The lowest BCUT2D eigenvalue weighted by atomic mass is 10.3. The molecule has 0 saturated heterocycles. The highest BCUT2D eigenvalue weighted by Gasteiger charge is 2.08. The minimum absolute atomic E-state index is 0.142. The van der Waals surface area contributed by atoms with Crippen LogP contribution in [0.3, 0.4) is 0 Å². The van der Waals surface area contributed by atoms with Crippen LogP contribution in [0.2, 0.25) is 0 Å². The van der Waals surface area contributed by atoms with Crippen LogP contribution in [0.25, 0.3) is 0 Å². The molecule has 0 spiro atoms. The maximum Gasteiger partial charge on any atom is 0.232 e. The first kappa shape index (κ1) is 12.0. The summed E-state index contributed by atoms with van der Waals surface area (Å²) in [6, 6.07) is 8.90. The van der Waals surface area contributed by atoms with Crippen LogP contribution < -0.4 is 10.0 Å². The Bertz CT molecular complexity index is 376. The van der Waals surface area contributed by atoms with Crippen molar-refractivity contribution < 1.29 is 8.42 Å². The summed E-state index contributed by atoms with van der Waals surface area (Å²) in [4.78, 5) is 0. The zero-order chi connectivity index (χ0) is 11.1. The average Bonchev–Trinajstić information content (AvgIpc) is 2.18. The lowest BCUT2D eigenvalue weighted by molar-refractivity contribution is 0.597. The number of hydrogen-bond acceptors (Lipinski definition) is 3. The maximum atomic E-state index is 11.5. The first-order chi connectivity index (χ1) is 7.14. The van der Waals surface area contributed by atoms with Gasteiger partial charge in [-0.05, 0) is 32.1 Å². The molecule has 1 rings (SSSR count). The molecule has 1 aromatic rings. The summed E-state index contributed by atoms with van der Waals surface area (Å²) >= 11 is 0. The standard InChI is InChI=1S/C10H16N2O2S/c1-11-8-5-9-15(13,14)12-10-6-3-2-4-7-10/h2-4,6-7,11-12H,5,8-9H2,1H3. The molecule has 0 bridgehead atoms. The highest BCUT2D eigenvalue weighted by molar-refractivity contribution is 7.92. The molecular formula is C10H16N2O2S. The normalized spacial score (nSPS) is 11.3. The van der Waals surface area contributed by atoms with Crippen molar-refractivity contribution >= 4 is 15.7 Å². The zero-order valence-electron chi connectivity index (χ0n) is 8.73. The third-order valence-corrected chi connectivity index (χ3v) is 3.26. The SMILES string of the molecule is CNCCCS(=O)(=O)Nc1ccccc1. The van der Waals surface area contributed by atoms with Gasteiger partial charge in [0.15, 0.2) is 0 Å². The average molecular weight is 228 g/mol. The Labute approximate surface area is 90.8 Å². The number of anilines is 1. The second kappa shape index (κ2) is 5.72. The molecule has 2 N–H and O–H groups in total. The van der Waals surface area contributed by atoms with Gasteiger partial charge in [-0.1, -0.05) is 18.2 Å². The molecule has 0 aliphatic rings. The molecule has 0 heterocycles. The molecule has 15 heavy (non-hydrogen) atoms. The van der Waals surface area contributed by atoms with E-state index in [1.807, 2.05) is 6.07 Å². The third kappa shape index (κ3) is 4.80. The molecule has 0 unspecified atom stereocenters. The van der Waals surface area contributed by atoms with Gasteiger partial charge < -0.3 is 5.32 Å². The van der Waals surface area contributed by atoms with Crippen LogP contribution in [-0.4, -0.2) is 27.8 Å². The predicted octanol–water partition coefficient (Wildman–Crippen LogP) is 1.04. The third-order valence-electron chi connectivity index (χ3n) is 1.89. The molecule has 84 valence electrons. The van der Waals surface area contributed by atoms with Crippen LogP contribution in [-0.2, 0) is 10.0 Å². The number of nitrogens with one attached hydrogen (secondary N) is 2. The van der Waals surface area contributed by atoms with E-state index >= 15 is 0 Å². The minimum atomic E-state index is -3.20. The van der Waals surface area contributed by atoms with E-state index in [2.05, 4.69) is 10.0 Å². The van der Waals surface area contributed by atoms with Crippen molar-refractivity contribution in [2.45, 2.75) is 6.42 Å². The maximum absolute atomic E-state index is 11.5. The molecule has 0 fully saturated rings. The second-order valence-electron chi connectivity index (χ2n) is 3.24. The van der Waals surface area contributed by atoms with E-state index in [0.29, 0.717) is 18.7 Å². The molecule has 0 saturated carbocycles. The van der Waals surface area contributed by atoms with E-state index < -0.39 is 10.0 Å². The summed E-state index contributed by atoms with van der Waals surface area (Å²) in [5, 5.41) is 2.91. The fraction of sp³-hybridized carbons (Fsp3) is 0.400. The molecular weight excluding hydrogens is 212 g/mol. The van der Waals surface area contributed by atoms with Crippen molar-refractivity contribution in [1.29, 1.82) is 0 Å². The van der Waals surface area contributed by atoms with Crippen molar-refractivity contribution in [3.63, 3.8) is 0 Å². The molecule has 0 radical (unpaired) electrons. The highest BCUT2D eigenvalue weighted by atomic mass is 32.2. The summed E-state index contributed by atoms with van der Waals surface area (Å²) in [6.45, 7) is 0.704. The van der Waals surface area contributed by atoms with Gasteiger partial charge in [0.05, 0.1) is 5.75 Å². The number of sulfonamides is 1. The van der Waals surface area contributed by atoms with Gasteiger partial charge in [0, 0.05) is 5.69 Å². The van der Waals surface area contributed by atoms with Gasteiger partial charge >= 0.3 is 0 Å². The van der Waals surface area contributed by atoms with E-state index in [1.54, 1.807) is 31.3 Å². The summed E-state index contributed by atoms with van der Waals surface area (Å²) < 4.78 is 25.6. The Morgan fingerprint density at radius 1 is 1.20 bits per heavy atom. The van der Waals surface area contributed by atoms with Crippen LogP contribution in [0.4, 0.5) is 5.69 Å². The minimum Gasteiger partial charge on any atom is -0.320 e. The molecule has 4 nitrogen and oxygen atoms in total. The first-order valence-corrected chi connectivity index (χ1v) is 6.49. The summed E-state index contributed by atoms with van der Waals surface area (Å²) in [7, 11) is -1.39. The lowest BCUT2D eigenvalue weighted by Gasteiger charge is -2.07. The van der Waals surface area contributed by atoms with Gasteiger partial charge in [0.25, 0.3) is 0 Å². The molecule has 5 heteroatoms. The zero-order valence-corrected chi connectivity index (χ0v) is 9.55. The molecule has 0 amide bonds. The number of para-hydroxylation sites is 1. The van der Waals surface area contributed by atoms with Gasteiger partial charge in [0.1, 0.15) is 0 Å². The van der Waals surface area contributed by atoms with Gasteiger partial charge in [0.2, 0.25) is 10.0 Å². The van der Waals surface area contributed by atoms with Crippen molar-refractivity contribution in [2.24, 2.45) is 0 Å². The fourth-order valence-electron chi connectivity index (χ4n) is 1.18. The van der Waals surface area contributed by atoms with E-state index in [9.17, 15) is 8.42 Å². The Kier molecular flexibility index (Phi) is 4.58. The Hall–Kier alpha value is -1.07. The molecule has 0 aromatic heterocycles. The van der Waals surface area contributed by atoms with Crippen LogP contribution in [0.1, 0.15) is 6.42 Å². The Morgan fingerprint density at radius 2 is 1.87 bits per heavy atom. The molecule has 0 aliphatic carbocycles. The van der Waals surface area contributed by atoms with Crippen molar-refractivity contribution in [1.82, 2.24) is 5.32 Å². The summed E-state index contributed by atoms with van der Waals surface area (Å²) in [5.41, 5.74) is 0.613. The number of hydrogen-bond donors (Lipinski definition) is 2. The molecule has 0 atom stereocenters. The predicted molar refractivity (Wildman–Crippen MR) is 62.4 cm³/mol. The van der Waals surface area contributed by atoms with Crippen LogP contribution in [0, 0.1) is 0 Å². The van der Waals surface area contributed by atoms with E-state index in [1.165, 1.54) is 0 Å². The van der Waals surface area contributed by atoms with Crippen LogP contribution >= 0.6 is 0 Å². The van der Waals surface area contributed by atoms with Crippen molar-refractivity contribution in [3.05, 3.63) is 30.3 Å². The first-order valence-electron chi connectivity index (χ1n) is 4.84. The topological polar surface area (TPSA) is 58.2 Å². The highest BCUT2D eigenvalue weighted by Crippen LogP contribution is 2.08. The smallest absolute Gasteiger partial charge is 0.232 e. The Morgan fingerprint density at radius 3 is 2.47 bits per heavy atom. The van der Waals surface area contributed by atoms with Crippen LogP contribution in [0.15, 0.2) is 30.3 Å². The second-order valence-corrected chi connectivity index (χ2v) is 5.09.